The zero-order valence-corrected chi connectivity index (χ0v) is 9.18. The third-order valence-electron chi connectivity index (χ3n) is 2.13. The molecule has 1 saturated heterocycles. The summed E-state index contributed by atoms with van der Waals surface area (Å²) < 4.78 is 5.63. The summed E-state index contributed by atoms with van der Waals surface area (Å²) in [6.45, 7) is 11.0. The molecule has 0 amide bonds. The van der Waals surface area contributed by atoms with Crippen LogP contribution >= 0.6 is 11.6 Å². The molecule has 1 heterocycles. The van der Waals surface area contributed by atoms with Crippen molar-refractivity contribution in [3.05, 3.63) is 12.2 Å². The number of ether oxygens (including phenoxy) is 1. The minimum absolute atomic E-state index is 0.326. The molecule has 0 spiro atoms. The maximum Gasteiger partial charge on any atom is 0.0678 e. The van der Waals surface area contributed by atoms with Crippen LogP contribution in [0.2, 0.25) is 0 Å². The molecule has 0 unspecified atom stereocenters. The first-order valence-corrected chi connectivity index (χ1v) is 5.25. The van der Waals surface area contributed by atoms with Crippen molar-refractivity contribution >= 4 is 11.6 Å². The molecule has 0 aromatic heterocycles. The fraction of sp³-hybridized carbons (Fsp3) is 0.800. The van der Waals surface area contributed by atoms with Crippen LogP contribution in [0.5, 0.6) is 0 Å². The lowest BCUT2D eigenvalue weighted by atomic mass is 10.2. The maximum atomic E-state index is 5.69. The lowest BCUT2D eigenvalue weighted by Crippen LogP contribution is -2.46. The first-order valence-electron chi connectivity index (χ1n) is 4.72. The number of halogens is 1. The molecular formula is C10H18ClNO. The van der Waals surface area contributed by atoms with Crippen molar-refractivity contribution in [1.29, 1.82) is 0 Å². The average Bonchev–Trinajstić information content (AvgIpc) is 2.02. The normalized spacial score (nSPS) is 30.4. The molecule has 1 rings (SSSR count). The molecule has 0 saturated carbocycles. The smallest absolute Gasteiger partial charge is 0.0678 e. The largest absolute Gasteiger partial charge is 0.373 e. The Morgan fingerprint density at radius 3 is 2.46 bits per heavy atom. The monoisotopic (exact) mass is 203 g/mol. The molecule has 3 heteroatoms. The Balaban J connectivity index is 2.37. The summed E-state index contributed by atoms with van der Waals surface area (Å²) in [6, 6.07) is 0. The molecule has 1 aliphatic rings. The van der Waals surface area contributed by atoms with Crippen molar-refractivity contribution in [3.63, 3.8) is 0 Å². The van der Waals surface area contributed by atoms with Crippen LogP contribution in [0.25, 0.3) is 0 Å². The Morgan fingerprint density at radius 2 is 2.00 bits per heavy atom. The van der Waals surface area contributed by atoms with E-state index in [1.807, 2.05) is 0 Å². The Hall–Kier alpha value is -0.0500. The van der Waals surface area contributed by atoms with Crippen molar-refractivity contribution in [3.8, 4) is 0 Å². The van der Waals surface area contributed by atoms with Gasteiger partial charge in [0.15, 0.2) is 0 Å². The molecule has 13 heavy (non-hydrogen) atoms. The third-order valence-corrected chi connectivity index (χ3v) is 2.51. The van der Waals surface area contributed by atoms with Gasteiger partial charge in [-0.3, -0.25) is 4.90 Å². The summed E-state index contributed by atoms with van der Waals surface area (Å²) >= 11 is 5.69. The van der Waals surface area contributed by atoms with Gasteiger partial charge in [-0.05, 0) is 19.4 Å². The van der Waals surface area contributed by atoms with Crippen molar-refractivity contribution in [2.75, 3.05) is 25.5 Å². The zero-order chi connectivity index (χ0) is 9.84. The van der Waals surface area contributed by atoms with E-state index < -0.39 is 0 Å². The molecule has 1 aliphatic heterocycles. The van der Waals surface area contributed by atoms with E-state index in [0.717, 1.165) is 25.2 Å². The first kappa shape index (κ1) is 11.0. The summed E-state index contributed by atoms with van der Waals surface area (Å²) in [6.07, 6.45) is 0.652. The minimum Gasteiger partial charge on any atom is -0.373 e. The number of nitrogens with zero attached hydrogens (tertiary/aromatic N) is 1. The average molecular weight is 204 g/mol. The molecule has 0 bridgehead atoms. The summed E-state index contributed by atoms with van der Waals surface area (Å²) in [5.74, 6) is 0.556. The van der Waals surface area contributed by atoms with E-state index in [1.165, 1.54) is 0 Å². The van der Waals surface area contributed by atoms with Crippen LogP contribution in [-0.2, 0) is 4.74 Å². The summed E-state index contributed by atoms with van der Waals surface area (Å²) in [5.41, 5.74) is 1.09. The van der Waals surface area contributed by atoms with Crippen LogP contribution in [0.3, 0.4) is 0 Å². The van der Waals surface area contributed by atoms with Crippen LogP contribution in [0.15, 0.2) is 12.2 Å². The molecule has 76 valence electrons. The van der Waals surface area contributed by atoms with E-state index in [0.29, 0.717) is 18.1 Å². The van der Waals surface area contributed by atoms with Gasteiger partial charge >= 0.3 is 0 Å². The molecule has 2 nitrogen and oxygen atoms in total. The molecule has 0 aromatic rings. The molecule has 0 N–H and O–H groups in total. The van der Waals surface area contributed by atoms with Gasteiger partial charge in [0, 0.05) is 25.5 Å². The molecule has 0 radical (unpaired) electrons. The van der Waals surface area contributed by atoms with E-state index in [4.69, 9.17) is 16.3 Å². The van der Waals surface area contributed by atoms with Gasteiger partial charge in [-0.2, -0.15) is 0 Å². The van der Waals surface area contributed by atoms with E-state index in [2.05, 4.69) is 25.3 Å². The highest BCUT2D eigenvalue weighted by atomic mass is 35.5. The summed E-state index contributed by atoms with van der Waals surface area (Å²) in [7, 11) is 0. The number of alkyl halides is 1. The predicted octanol–water partition coefficient (Wildman–Crippen LogP) is 1.89. The predicted molar refractivity (Wildman–Crippen MR) is 56.3 cm³/mol. The number of hydrogen-bond acceptors (Lipinski definition) is 2. The molecule has 1 fully saturated rings. The second-order valence-electron chi connectivity index (χ2n) is 3.84. The highest BCUT2D eigenvalue weighted by Gasteiger charge is 2.21. The van der Waals surface area contributed by atoms with Crippen molar-refractivity contribution in [2.45, 2.75) is 26.1 Å². The van der Waals surface area contributed by atoms with Gasteiger partial charge in [0.05, 0.1) is 12.2 Å². The van der Waals surface area contributed by atoms with Crippen LogP contribution < -0.4 is 0 Å². The highest BCUT2D eigenvalue weighted by molar-refractivity contribution is 6.19. The molecule has 0 aliphatic carbocycles. The first-order chi connectivity index (χ1) is 6.11. The topological polar surface area (TPSA) is 12.5 Å². The lowest BCUT2D eigenvalue weighted by molar-refractivity contribution is -0.0652. The van der Waals surface area contributed by atoms with Crippen molar-refractivity contribution < 1.29 is 4.74 Å². The fourth-order valence-electron chi connectivity index (χ4n) is 1.77. The quantitative estimate of drug-likeness (QED) is 0.513. The van der Waals surface area contributed by atoms with E-state index >= 15 is 0 Å². The minimum atomic E-state index is 0.326. The SMILES string of the molecule is C=C(CCl)CN1C[C@@H](C)O[C@@H](C)C1. The van der Waals surface area contributed by atoms with Gasteiger partial charge in [-0.25, -0.2) is 0 Å². The Morgan fingerprint density at radius 1 is 1.46 bits per heavy atom. The van der Waals surface area contributed by atoms with Crippen LogP contribution in [0.1, 0.15) is 13.8 Å². The molecule has 0 aromatic carbocycles. The standard InChI is InChI=1S/C10H18ClNO/c1-8(4-11)5-12-6-9(2)13-10(3)7-12/h9-10H,1,4-7H2,2-3H3/t9-,10+. The van der Waals surface area contributed by atoms with E-state index in [-0.39, 0.29) is 0 Å². The number of hydrogen-bond donors (Lipinski definition) is 0. The zero-order valence-electron chi connectivity index (χ0n) is 8.42. The van der Waals surface area contributed by atoms with Gasteiger partial charge < -0.3 is 4.74 Å². The van der Waals surface area contributed by atoms with Crippen LogP contribution in [-0.4, -0.2) is 42.6 Å². The van der Waals surface area contributed by atoms with E-state index in [1.54, 1.807) is 0 Å². The van der Waals surface area contributed by atoms with Gasteiger partial charge in [0.1, 0.15) is 0 Å². The number of morpholine rings is 1. The summed E-state index contributed by atoms with van der Waals surface area (Å²) in [4.78, 5) is 2.35. The second kappa shape index (κ2) is 4.99. The van der Waals surface area contributed by atoms with Gasteiger partial charge in [-0.15, -0.1) is 11.6 Å². The lowest BCUT2D eigenvalue weighted by Gasteiger charge is -2.35. The van der Waals surface area contributed by atoms with E-state index in [9.17, 15) is 0 Å². The third kappa shape index (κ3) is 3.67. The number of rotatable bonds is 3. The Labute approximate surface area is 85.5 Å². The van der Waals surface area contributed by atoms with Gasteiger partial charge in [-0.1, -0.05) is 6.58 Å². The van der Waals surface area contributed by atoms with Gasteiger partial charge in [0.25, 0.3) is 0 Å². The van der Waals surface area contributed by atoms with Gasteiger partial charge in [0.2, 0.25) is 0 Å². The molecular weight excluding hydrogens is 186 g/mol. The Kier molecular flexibility index (Phi) is 4.23. The maximum absolute atomic E-state index is 5.69. The Bertz CT molecular complexity index is 174. The van der Waals surface area contributed by atoms with Crippen molar-refractivity contribution in [1.82, 2.24) is 4.90 Å². The highest BCUT2D eigenvalue weighted by Crippen LogP contribution is 2.11. The fourth-order valence-corrected chi connectivity index (χ4v) is 1.86. The van der Waals surface area contributed by atoms with Crippen LogP contribution in [0.4, 0.5) is 0 Å². The second-order valence-corrected chi connectivity index (χ2v) is 4.10. The summed E-state index contributed by atoms with van der Waals surface area (Å²) in [5, 5.41) is 0. The van der Waals surface area contributed by atoms with Crippen LogP contribution in [0, 0.1) is 0 Å². The molecule has 2 atom stereocenters. The van der Waals surface area contributed by atoms with Crippen molar-refractivity contribution in [2.24, 2.45) is 0 Å².